The van der Waals surface area contributed by atoms with Gasteiger partial charge in [-0.1, -0.05) is 6.07 Å². The van der Waals surface area contributed by atoms with Gasteiger partial charge in [-0.05, 0) is 51.3 Å². The molecule has 1 aromatic rings. The predicted molar refractivity (Wildman–Crippen MR) is 110 cm³/mol. The summed E-state index contributed by atoms with van der Waals surface area (Å²) in [5, 5.41) is 0. The largest absolute Gasteiger partial charge is 0.341 e. The molecule has 7 nitrogen and oxygen atoms in total. The van der Waals surface area contributed by atoms with Crippen molar-refractivity contribution >= 4 is 33.6 Å². The third-order valence-corrected chi connectivity index (χ3v) is 7.68. The van der Waals surface area contributed by atoms with Crippen molar-refractivity contribution < 1.29 is 18.0 Å². The van der Waals surface area contributed by atoms with E-state index in [2.05, 4.69) is 4.72 Å². The average molecular weight is 426 g/mol. The van der Waals surface area contributed by atoms with Crippen LogP contribution in [0.25, 0.3) is 0 Å². The van der Waals surface area contributed by atoms with Gasteiger partial charge < -0.3 is 9.80 Å². The number of sulfonamides is 1. The number of carbonyl (C=O) groups excluding carboxylic acids is 2. The van der Waals surface area contributed by atoms with Crippen LogP contribution in [0.3, 0.4) is 0 Å². The van der Waals surface area contributed by atoms with E-state index < -0.39 is 16.1 Å². The molecule has 1 saturated carbocycles. The molecule has 28 heavy (non-hydrogen) atoms. The summed E-state index contributed by atoms with van der Waals surface area (Å²) < 4.78 is 27.7. The van der Waals surface area contributed by atoms with Crippen molar-refractivity contribution in [3.8, 4) is 0 Å². The lowest BCUT2D eigenvalue weighted by molar-refractivity contribution is -0.134. The predicted octanol–water partition coefficient (Wildman–Crippen LogP) is 1.82. The lowest BCUT2D eigenvalue weighted by Gasteiger charge is -2.28. The molecule has 9 heteroatoms. The molecule has 154 valence electrons. The van der Waals surface area contributed by atoms with E-state index >= 15 is 0 Å². The van der Waals surface area contributed by atoms with Crippen LogP contribution in [-0.4, -0.2) is 66.8 Å². The number of hydrogen-bond acceptors (Lipinski definition) is 5. The standard InChI is InChI=1S/C19H27N3O4S2/c1-4-21(5-2)19(24)17-11-27-12-22(17)18(23)16-10-15(9-6-13(16)3)28(25,26)20-14-7-8-14/h6,9-10,14,17,20H,4-5,7-8,11-12H2,1-3H3/t17-/m0/s1. The molecule has 1 aromatic carbocycles. The van der Waals surface area contributed by atoms with Gasteiger partial charge >= 0.3 is 0 Å². The fourth-order valence-corrected chi connectivity index (χ4v) is 5.71. The molecular formula is C19H27N3O4S2. The van der Waals surface area contributed by atoms with E-state index in [1.165, 1.54) is 23.9 Å². The smallest absolute Gasteiger partial charge is 0.255 e. The highest BCUT2D eigenvalue weighted by Gasteiger charge is 2.37. The first-order chi connectivity index (χ1) is 13.3. The van der Waals surface area contributed by atoms with Crippen molar-refractivity contribution in [2.45, 2.75) is 50.6 Å². The molecule has 1 aliphatic carbocycles. The van der Waals surface area contributed by atoms with Crippen molar-refractivity contribution in [2.75, 3.05) is 24.7 Å². The highest BCUT2D eigenvalue weighted by Crippen LogP contribution is 2.27. The minimum atomic E-state index is -3.65. The Labute approximate surface area is 170 Å². The van der Waals surface area contributed by atoms with Crippen LogP contribution in [0, 0.1) is 6.92 Å². The van der Waals surface area contributed by atoms with E-state index in [0.29, 0.717) is 35.8 Å². The Bertz CT molecular complexity index is 864. The molecule has 1 saturated heterocycles. The van der Waals surface area contributed by atoms with Crippen LogP contribution in [0.15, 0.2) is 23.1 Å². The van der Waals surface area contributed by atoms with Gasteiger partial charge in [0.05, 0.1) is 10.8 Å². The molecule has 0 aromatic heterocycles. The number of amides is 2. The normalized spacial score (nSPS) is 19.7. The monoisotopic (exact) mass is 425 g/mol. The molecule has 0 radical (unpaired) electrons. The molecular weight excluding hydrogens is 398 g/mol. The second-order valence-corrected chi connectivity index (χ2v) is 9.89. The van der Waals surface area contributed by atoms with Crippen LogP contribution in [0.5, 0.6) is 0 Å². The number of benzene rings is 1. The summed E-state index contributed by atoms with van der Waals surface area (Å²) in [6.45, 7) is 6.81. The summed E-state index contributed by atoms with van der Waals surface area (Å²) >= 11 is 1.54. The molecule has 0 unspecified atom stereocenters. The maximum Gasteiger partial charge on any atom is 0.255 e. The average Bonchev–Trinajstić information content (AvgIpc) is 3.32. The highest BCUT2D eigenvalue weighted by atomic mass is 32.2. The van der Waals surface area contributed by atoms with Crippen molar-refractivity contribution in [1.29, 1.82) is 0 Å². The Balaban J connectivity index is 1.86. The number of hydrogen-bond donors (Lipinski definition) is 1. The minimum Gasteiger partial charge on any atom is -0.341 e. The minimum absolute atomic E-state index is 0.00323. The van der Waals surface area contributed by atoms with E-state index in [9.17, 15) is 18.0 Å². The third kappa shape index (κ3) is 4.36. The summed E-state index contributed by atoms with van der Waals surface area (Å²) in [4.78, 5) is 29.4. The van der Waals surface area contributed by atoms with Crippen LogP contribution < -0.4 is 4.72 Å². The molecule has 1 atom stereocenters. The Morgan fingerprint density at radius 3 is 2.54 bits per heavy atom. The van der Waals surface area contributed by atoms with E-state index in [1.807, 2.05) is 13.8 Å². The van der Waals surface area contributed by atoms with Gasteiger partial charge in [0.25, 0.3) is 5.91 Å². The van der Waals surface area contributed by atoms with Crippen molar-refractivity contribution in [3.05, 3.63) is 29.3 Å². The first-order valence-electron chi connectivity index (χ1n) is 9.59. The van der Waals surface area contributed by atoms with Crippen LogP contribution in [0.4, 0.5) is 0 Å². The topological polar surface area (TPSA) is 86.8 Å². The van der Waals surface area contributed by atoms with Gasteiger partial charge in [-0.3, -0.25) is 9.59 Å². The fourth-order valence-electron chi connectivity index (χ4n) is 3.24. The van der Waals surface area contributed by atoms with Gasteiger partial charge in [0.1, 0.15) is 6.04 Å². The molecule has 0 bridgehead atoms. The number of nitrogens with zero attached hydrogens (tertiary/aromatic N) is 2. The van der Waals surface area contributed by atoms with E-state index in [-0.39, 0.29) is 22.8 Å². The first-order valence-corrected chi connectivity index (χ1v) is 12.2. The second kappa shape index (κ2) is 8.42. The third-order valence-electron chi connectivity index (χ3n) is 5.15. The van der Waals surface area contributed by atoms with Gasteiger partial charge in [0.2, 0.25) is 15.9 Å². The molecule has 2 fully saturated rings. The number of carbonyl (C=O) groups is 2. The van der Waals surface area contributed by atoms with Gasteiger partial charge in [0, 0.05) is 30.4 Å². The van der Waals surface area contributed by atoms with E-state index in [0.717, 1.165) is 12.8 Å². The second-order valence-electron chi connectivity index (χ2n) is 7.17. The van der Waals surface area contributed by atoms with Crippen LogP contribution in [0.2, 0.25) is 0 Å². The van der Waals surface area contributed by atoms with Crippen molar-refractivity contribution in [3.63, 3.8) is 0 Å². The van der Waals surface area contributed by atoms with Gasteiger partial charge in [-0.25, -0.2) is 13.1 Å². The van der Waals surface area contributed by atoms with Gasteiger partial charge in [-0.2, -0.15) is 0 Å². The number of likely N-dealkylation sites (N-methyl/N-ethyl adjacent to an activating group) is 1. The van der Waals surface area contributed by atoms with Crippen LogP contribution >= 0.6 is 11.8 Å². The molecule has 1 heterocycles. The van der Waals surface area contributed by atoms with Crippen molar-refractivity contribution in [1.82, 2.24) is 14.5 Å². The Kier molecular flexibility index (Phi) is 6.36. The maximum atomic E-state index is 13.2. The van der Waals surface area contributed by atoms with E-state index in [4.69, 9.17) is 0 Å². The number of aryl methyl sites for hydroxylation is 1. The molecule has 3 rings (SSSR count). The maximum absolute atomic E-state index is 13.2. The summed E-state index contributed by atoms with van der Waals surface area (Å²) in [5.74, 6) is 0.630. The van der Waals surface area contributed by atoms with E-state index in [1.54, 1.807) is 22.8 Å². The summed E-state index contributed by atoms with van der Waals surface area (Å²) in [7, 11) is -3.65. The zero-order chi connectivity index (χ0) is 20.5. The quantitative estimate of drug-likeness (QED) is 0.720. The lowest BCUT2D eigenvalue weighted by atomic mass is 10.1. The van der Waals surface area contributed by atoms with Crippen LogP contribution in [-0.2, 0) is 14.8 Å². The Morgan fingerprint density at radius 1 is 1.25 bits per heavy atom. The summed E-state index contributed by atoms with van der Waals surface area (Å²) in [6.07, 6.45) is 1.69. The highest BCUT2D eigenvalue weighted by molar-refractivity contribution is 7.99. The Morgan fingerprint density at radius 2 is 1.93 bits per heavy atom. The number of rotatable bonds is 7. The fraction of sp³-hybridized carbons (Fsp3) is 0.579. The molecule has 1 aliphatic heterocycles. The molecule has 2 aliphatic rings. The molecule has 1 N–H and O–H groups in total. The van der Waals surface area contributed by atoms with Gasteiger partial charge in [0.15, 0.2) is 0 Å². The van der Waals surface area contributed by atoms with Crippen molar-refractivity contribution in [2.24, 2.45) is 0 Å². The SMILES string of the molecule is CCN(CC)C(=O)[C@@H]1CSCN1C(=O)c1cc(S(=O)(=O)NC2CC2)ccc1C. The lowest BCUT2D eigenvalue weighted by Crippen LogP contribution is -2.49. The Hall–Kier alpha value is -1.58. The number of nitrogens with one attached hydrogen (secondary N) is 1. The number of thioether (sulfide) groups is 1. The summed E-state index contributed by atoms with van der Waals surface area (Å²) in [5.41, 5.74) is 1.03. The molecule has 2 amide bonds. The zero-order valence-corrected chi connectivity index (χ0v) is 18.1. The zero-order valence-electron chi connectivity index (χ0n) is 16.5. The first kappa shape index (κ1) is 21.1. The molecule has 0 spiro atoms. The van der Waals surface area contributed by atoms with Gasteiger partial charge in [-0.15, -0.1) is 11.8 Å². The van der Waals surface area contributed by atoms with Crippen LogP contribution in [0.1, 0.15) is 42.6 Å². The summed E-state index contributed by atoms with van der Waals surface area (Å²) in [6, 6.07) is 4.09.